The molecule has 0 saturated carbocycles. The predicted molar refractivity (Wildman–Crippen MR) is 220 cm³/mol. The fourth-order valence-corrected chi connectivity index (χ4v) is 8.03. The Kier molecular flexibility index (Phi) is 8.02. The Balaban J connectivity index is 1.17. The molecule has 7 aromatic rings. The molecule has 2 atom stereocenters. The fraction of sp³-hybridized carbons (Fsp3) is 0.0612. The van der Waals surface area contributed by atoms with Gasteiger partial charge in [0.2, 0.25) is 0 Å². The largest absolute Gasteiger partial charge is 0.355 e. The van der Waals surface area contributed by atoms with Crippen molar-refractivity contribution in [3.05, 3.63) is 211 Å². The van der Waals surface area contributed by atoms with Crippen molar-refractivity contribution in [3.8, 4) is 22.3 Å². The van der Waals surface area contributed by atoms with E-state index in [4.69, 9.17) is 0 Å². The lowest BCUT2D eigenvalue weighted by atomic mass is 9.71. The van der Waals surface area contributed by atoms with E-state index in [0.29, 0.717) is 0 Å². The summed E-state index contributed by atoms with van der Waals surface area (Å²) in [7, 11) is 0. The molecule has 0 bridgehead atoms. The number of para-hydroxylation sites is 5. The van der Waals surface area contributed by atoms with E-state index < -0.39 is 0 Å². The highest BCUT2D eigenvalue weighted by atomic mass is 15.2. The summed E-state index contributed by atoms with van der Waals surface area (Å²) in [5.41, 5.74) is 15.0. The lowest BCUT2D eigenvalue weighted by Crippen LogP contribution is -2.42. The summed E-state index contributed by atoms with van der Waals surface area (Å²) in [6.07, 6.45) is 6.97. The van der Waals surface area contributed by atoms with Crippen LogP contribution in [0.4, 0.5) is 34.1 Å². The van der Waals surface area contributed by atoms with Crippen molar-refractivity contribution in [2.45, 2.75) is 18.4 Å². The summed E-state index contributed by atoms with van der Waals surface area (Å²) in [5, 5.41) is 7.43. The van der Waals surface area contributed by atoms with Gasteiger partial charge in [-0.3, -0.25) is 0 Å². The minimum absolute atomic E-state index is 0.0474. The molecule has 52 heavy (non-hydrogen) atoms. The maximum Gasteiger partial charge on any atom is 0.0727 e. The number of allylic oxidation sites excluding steroid dienone is 2. The van der Waals surface area contributed by atoms with Crippen LogP contribution < -0.4 is 15.5 Å². The first-order chi connectivity index (χ1) is 25.7. The Morgan fingerprint density at radius 1 is 0.500 bits per heavy atom. The Bertz CT molecular complexity index is 2430. The second-order valence-electron chi connectivity index (χ2n) is 13.8. The van der Waals surface area contributed by atoms with Crippen LogP contribution in [0.5, 0.6) is 0 Å². The summed E-state index contributed by atoms with van der Waals surface area (Å²) in [4.78, 5) is 2.54. The van der Waals surface area contributed by atoms with Gasteiger partial charge >= 0.3 is 0 Å². The Hall–Kier alpha value is -6.58. The SMILES string of the molecule is CC12C=CC=C(c3cc(-c4cccc(-c5ccccc5Nc5ccccc5)c4)ccc3Nc3ccccc3)C1N(c1ccccc1)c1ccccc12. The molecule has 2 unspecified atom stereocenters. The van der Waals surface area contributed by atoms with Gasteiger partial charge in [0.25, 0.3) is 0 Å². The summed E-state index contributed by atoms with van der Waals surface area (Å²) in [5.74, 6) is 0. The maximum atomic E-state index is 3.79. The first-order valence-corrected chi connectivity index (χ1v) is 18.0. The van der Waals surface area contributed by atoms with Gasteiger partial charge in [-0.25, -0.2) is 0 Å². The molecule has 2 N–H and O–H groups in total. The summed E-state index contributed by atoms with van der Waals surface area (Å²) in [6, 6.07) is 64.9. The van der Waals surface area contributed by atoms with Gasteiger partial charge in [0.1, 0.15) is 0 Å². The molecule has 0 spiro atoms. The Labute approximate surface area is 306 Å². The minimum Gasteiger partial charge on any atom is -0.355 e. The van der Waals surface area contributed by atoms with Crippen molar-refractivity contribution in [2.24, 2.45) is 0 Å². The number of nitrogens with zero attached hydrogens (tertiary/aromatic N) is 1. The average molecular weight is 670 g/mol. The molecular formula is C49H39N3. The number of anilines is 6. The molecule has 9 rings (SSSR count). The van der Waals surface area contributed by atoms with Crippen LogP contribution in [0.15, 0.2) is 200 Å². The lowest BCUT2D eigenvalue weighted by molar-refractivity contribution is 0.562. The van der Waals surface area contributed by atoms with Gasteiger partial charge in [0.05, 0.1) is 6.04 Å². The van der Waals surface area contributed by atoms with Crippen LogP contribution >= 0.6 is 0 Å². The van der Waals surface area contributed by atoms with Crippen molar-refractivity contribution in [2.75, 3.05) is 15.5 Å². The van der Waals surface area contributed by atoms with E-state index in [0.717, 1.165) is 28.3 Å². The molecule has 0 fully saturated rings. The average Bonchev–Trinajstić information content (AvgIpc) is 3.48. The van der Waals surface area contributed by atoms with E-state index in [-0.39, 0.29) is 11.5 Å². The standard InChI is InChI=1S/C49H39N3/c1-49-32-16-26-42(48(49)52(40-23-9-4-10-24-40)47-29-14-12-27-44(47)49)43-34-36(30-31-46(43)51-39-21-7-3-8-22-39)35-17-15-18-37(33-35)41-25-11-13-28-45(41)50-38-19-5-2-6-20-38/h2-34,48,50-51H,1H3. The van der Waals surface area contributed by atoms with E-state index in [2.05, 4.69) is 217 Å². The third-order valence-electron chi connectivity index (χ3n) is 10.5. The van der Waals surface area contributed by atoms with Gasteiger partial charge in [-0.05, 0) is 101 Å². The molecule has 0 radical (unpaired) electrons. The molecule has 2 aliphatic rings. The van der Waals surface area contributed by atoms with E-state index in [1.165, 1.54) is 44.8 Å². The number of benzene rings is 7. The molecule has 3 heteroatoms. The van der Waals surface area contributed by atoms with Gasteiger partial charge in [-0.15, -0.1) is 0 Å². The number of hydrogen-bond donors (Lipinski definition) is 2. The van der Waals surface area contributed by atoms with E-state index in [1.54, 1.807) is 0 Å². The fourth-order valence-electron chi connectivity index (χ4n) is 8.03. The lowest BCUT2D eigenvalue weighted by Gasteiger charge is -2.39. The molecule has 1 aliphatic heterocycles. The number of nitrogens with one attached hydrogen (secondary N) is 2. The van der Waals surface area contributed by atoms with Crippen LogP contribution in [0.25, 0.3) is 27.8 Å². The van der Waals surface area contributed by atoms with E-state index >= 15 is 0 Å². The third-order valence-corrected chi connectivity index (χ3v) is 10.5. The molecular weight excluding hydrogens is 631 g/mol. The smallest absolute Gasteiger partial charge is 0.0727 e. The van der Waals surface area contributed by atoms with E-state index in [1.807, 2.05) is 6.07 Å². The Morgan fingerprint density at radius 3 is 1.85 bits per heavy atom. The predicted octanol–water partition coefficient (Wildman–Crippen LogP) is 12.9. The van der Waals surface area contributed by atoms with Gasteiger partial charge in [0.15, 0.2) is 0 Å². The molecule has 0 aromatic heterocycles. The van der Waals surface area contributed by atoms with Gasteiger partial charge < -0.3 is 15.5 Å². The van der Waals surface area contributed by atoms with Crippen molar-refractivity contribution in [3.63, 3.8) is 0 Å². The van der Waals surface area contributed by atoms with Gasteiger partial charge in [-0.2, -0.15) is 0 Å². The summed E-state index contributed by atoms with van der Waals surface area (Å²) < 4.78 is 0. The van der Waals surface area contributed by atoms with Crippen LogP contribution in [0.1, 0.15) is 18.1 Å². The zero-order valence-corrected chi connectivity index (χ0v) is 29.1. The maximum absolute atomic E-state index is 3.79. The second-order valence-corrected chi connectivity index (χ2v) is 13.8. The molecule has 7 aromatic carbocycles. The Morgan fingerprint density at radius 2 is 1.10 bits per heavy atom. The van der Waals surface area contributed by atoms with Crippen LogP contribution in [0.2, 0.25) is 0 Å². The molecule has 250 valence electrons. The quantitative estimate of drug-likeness (QED) is 0.169. The van der Waals surface area contributed by atoms with Gasteiger partial charge in [-0.1, -0.05) is 133 Å². The topological polar surface area (TPSA) is 27.3 Å². The number of fused-ring (bicyclic) bond motifs is 3. The van der Waals surface area contributed by atoms with Crippen molar-refractivity contribution in [1.29, 1.82) is 0 Å². The zero-order chi connectivity index (χ0) is 34.9. The van der Waals surface area contributed by atoms with Crippen molar-refractivity contribution in [1.82, 2.24) is 0 Å². The van der Waals surface area contributed by atoms with Crippen molar-refractivity contribution >= 4 is 39.7 Å². The number of rotatable bonds is 8. The zero-order valence-electron chi connectivity index (χ0n) is 29.1. The first-order valence-electron chi connectivity index (χ1n) is 18.0. The monoisotopic (exact) mass is 669 g/mol. The van der Waals surface area contributed by atoms with Crippen LogP contribution in [0, 0.1) is 0 Å². The summed E-state index contributed by atoms with van der Waals surface area (Å²) >= 11 is 0. The third kappa shape index (κ3) is 5.67. The number of hydrogen-bond acceptors (Lipinski definition) is 3. The molecule has 1 heterocycles. The van der Waals surface area contributed by atoms with Crippen molar-refractivity contribution < 1.29 is 0 Å². The normalized spacial score (nSPS) is 17.2. The van der Waals surface area contributed by atoms with Crippen LogP contribution in [-0.2, 0) is 5.41 Å². The molecule has 0 amide bonds. The first kappa shape index (κ1) is 31.4. The highest BCUT2D eigenvalue weighted by molar-refractivity contribution is 5.94. The molecule has 3 nitrogen and oxygen atoms in total. The summed E-state index contributed by atoms with van der Waals surface area (Å²) in [6.45, 7) is 2.39. The van der Waals surface area contributed by atoms with E-state index in [9.17, 15) is 0 Å². The highest BCUT2D eigenvalue weighted by Crippen LogP contribution is 2.55. The van der Waals surface area contributed by atoms with Gasteiger partial charge in [0, 0.05) is 50.7 Å². The van der Waals surface area contributed by atoms with Crippen LogP contribution in [0.3, 0.4) is 0 Å². The second kappa shape index (κ2) is 13.3. The highest BCUT2D eigenvalue weighted by Gasteiger charge is 2.49. The minimum atomic E-state index is -0.230. The molecule has 0 saturated heterocycles. The molecule has 1 aliphatic carbocycles. The van der Waals surface area contributed by atoms with Crippen LogP contribution in [-0.4, -0.2) is 6.04 Å².